The molecule has 8 heteroatoms. The molecule has 1 N–H and O–H groups in total. The molecule has 0 spiro atoms. The van der Waals surface area contributed by atoms with Gasteiger partial charge in [0, 0.05) is 6.54 Å². The lowest BCUT2D eigenvalue weighted by molar-refractivity contribution is 0.0506. The molecule has 0 radical (unpaired) electrons. The number of alkyl carbamates (subject to hydrolysis) is 1. The van der Waals surface area contributed by atoms with Crippen molar-refractivity contribution < 1.29 is 27.7 Å². The van der Waals surface area contributed by atoms with Gasteiger partial charge in [-0.25, -0.2) is 9.36 Å². The van der Waals surface area contributed by atoms with Crippen molar-refractivity contribution in [2.24, 2.45) is 0 Å². The Hall–Kier alpha value is -2.18. The molecule has 158 valence electrons. The number of benzene rings is 2. The van der Waals surface area contributed by atoms with E-state index in [2.05, 4.69) is 5.32 Å². The van der Waals surface area contributed by atoms with Crippen LogP contribution in [0.25, 0.3) is 0 Å². The molecule has 0 aromatic heterocycles. The molecule has 0 bridgehead atoms. The standard InChI is InChI=1S/C21H28NO6P/c1-21(2,3)28-20(23)22-14-15-25-29(24,26-16-18-10-6-4-7-11-18)27-17-19-12-8-5-9-13-19/h4-13H,14-17H2,1-3H3,(H,22,23). The fourth-order valence-electron chi connectivity index (χ4n) is 2.19. The van der Waals surface area contributed by atoms with E-state index in [-0.39, 0.29) is 26.4 Å². The smallest absolute Gasteiger partial charge is 0.444 e. The zero-order chi connectivity index (χ0) is 21.2. The molecule has 0 unspecified atom stereocenters. The van der Waals surface area contributed by atoms with Gasteiger partial charge in [-0.05, 0) is 31.9 Å². The number of phosphoric ester groups is 1. The van der Waals surface area contributed by atoms with Crippen LogP contribution in [0.5, 0.6) is 0 Å². The van der Waals surface area contributed by atoms with Gasteiger partial charge in [-0.2, -0.15) is 0 Å². The first kappa shape index (κ1) is 23.1. The maximum Gasteiger partial charge on any atom is 0.475 e. The van der Waals surface area contributed by atoms with Gasteiger partial charge in [0.1, 0.15) is 5.60 Å². The van der Waals surface area contributed by atoms with Crippen LogP contribution in [0.4, 0.5) is 4.79 Å². The maximum atomic E-state index is 13.0. The number of rotatable bonds is 10. The number of amides is 1. The van der Waals surface area contributed by atoms with Crippen molar-refractivity contribution in [3.05, 3.63) is 71.8 Å². The summed E-state index contributed by atoms with van der Waals surface area (Å²) in [6.07, 6.45) is -0.577. The highest BCUT2D eigenvalue weighted by molar-refractivity contribution is 7.48. The Kier molecular flexibility index (Phi) is 8.86. The molecule has 2 aromatic rings. The highest BCUT2D eigenvalue weighted by atomic mass is 31.2. The summed E-state index contributed by atoms with van der Waals surface area (Å²) in [4.78, 5) is 11.7. The van der Waals surface area contributed by atoms with Crippen molar-refractivity contribution in [1.29, 1.82) is 0 Å². The van der Waals surface area contributed by atoms with E-state index in [9.17, 15) is 9.36 Å². The van der Waals surface area contributed by atoms with Crippen LogP contribution in [-0.4, -0.2) is 24.8 Å². The molecule has 0 saturated heterocycles. The molecule has 0 aliphatic rings. The Morgan fingerprint density at radius 2 is 1.34 bits per heavy atom. The third kappa shape index (κ3) is 9.72. The van der Waals surface area contributed by atoms with Gasteiger partial charge >= 0.3 is 13.9 Å². The van der Waals surface area contributed by atoms with Crippen molar-refractivity contribution in [2.75, 3.05) is 13.2 Å². The van der Waals surface area contributed by atoms with Gasteiger partial charge in [-0.1, -0.05) is 60.7 Å². The second kappa shape index (κ2) is 11.1. The summed E-state index contributed by atoms with van der Waals surface area (Å²) in [5.74, 6) is 0. The van der Waals surface area contributed by atoms with Gasteiger partial charge in [-0.15, -0.1) is 0 Å². The van der Waals surface area contributed by atoms with Crippen LogP contribution in [0, 0.1) is 0 Å². The number of hydrogen-bond donors (Lipinski definition) is 1. The van der Waals surface area contributed by atoms with Crippen LogP contribution in [0.2, 0.25) is 0 Å². The summed E-state index contributed by atoms with van der Waals surface area (Å²) in [7, 11) is -3.84. The van der Waals surface area contributed by atoms with Crippen LogP contribution in [0.3, 0.4) is 0 Å². The lowest BCUT2D eigenvalue weighted by Crippen LogP contribution is -2.34. The van der Waals surface area contributed by atoms with E-state index in [1.54, 1.807) is 20.8 Å². The molecule has 0 aliphatic heterocycles. The van der Waals surface area contributed by atoms with E-state index in [1.165, 1.54) is 0 Å². The van der Waals surface area contributed by atoms with E-state index < -0.39 is 19.5 Å². The first-order valence-corrected chi connectivity index (χ1v) is 10.8. The Morgan fingerprint density at radius 3 is 1.79 bits per heavy atom. The number of ether oxygens (including phenoxy) is 1. The first-order valence-electron chi connectivity index (χ1n) is 9.34. The van der Waals surface area contributed by atoms with Gasteiger partial charge < -0.3 is 10.1 Å². The number of nitrogens with one attached hydrogen (secondary N) is 1. The Morgan fingerprint density at radius 1 is 0.862 bits per heavy atom. The van der Waals surface area contributed by atoms with Gasteiger partial charge in [0.2, 0.25) is 0 Å². The molecule has 0 atom stereocenters. The monoisotopic (exact) mass is 421 g/mol. The molecule has 1 amide bonds. The summed E-state index contributed by atoms with van der Waals surface area (Å²) in [6, 6.07) is 18.6. The van der Waals surface area contributed by atoms with Crippen molar-refractivity contribution in [2.45, 2.75) is 39.6 Å². The molecule has 0 heterocycles. The predicted molar refractivity (Wildman–Crippen MR) is 110 cm³/mol. The van der Waals surface area contributed by atoms with Crippen LogP contribution in [-0.2, 0) is 36.1 Å². The number of hydrogen-bond acceptors (Lipinski definition) is 6. The molecule has 0 aliphatic carbocycles. The van der Waals surface area contributed by atoms with Crippen LogP contribution in [0.15, 0.2) is 60.7 Å². The second-order valence-corrected chi connectivity index (χ2v) is 8.90. The summed E-state index contributed by atoms with van der Waals surface area (Å²) in [5.41, 5.74) is 1.08. The summed E-state index contributed by atoms with van der Waals surface area (Å²) >= 11 is 0. The minimum Gasteiger partial charge on any atom is -0.444 e. The van der Waals surface area contributed by atoms with Gasteiger partial charge in [0.05, 0.1) is 19.8 Å². The van der Waals surface area contributed by atoms with E-state index in [0.717, 1.165) is 11.1 Å². The van der Waals surface area contributed by atoms with E-state index in [4.69, 9.17) is 18.3 Å². The van der Waals surface area contributed by atoms with Gasteiger partial charge in [-0.3, -0.25) is 13.6 Å². The zero-order valence-corrected chi connectivity index (χ0v) is 17.9. The SMILES string of the molecule is CC(C)(C)OC(=O)NCCOP(=O)(OCc1ccccc1)OCc1ccccc1. The molecule has 0 saturated carbocycles. The lowest BCUT2D eigenvalue weighted by atomic mass is 10.2. The zero-order valence-electron chi connectivity index (χ0n) is 17.0. The number of carbonyl (C=O) groups is 1. The van der Waals surface area contributed by atoms with E-state index in [1.807, 2.05) is 60.7 Å². The van der Waals surface area contributed by atoms with Crippen LogP contribution in [0.1, 0.15) is 31.9 Å². The Balaban J connectivity index is 1.89. The summed E-state index contributed by atoms with van der Waals surface area (Å²) in [6.45, 7) is 5.51. The quantitative estimate of drug-likeness (QED) is 0.426. The normalized spacial score (nSPS) is 11.8. The summed E-state index contributed by atoms with van der Waals surface area (Å²) < 4.78 is 34.5. The maximum absolute atomic E-state index is 13.0. The fraction of sp³-hybridized carbons (Fsp3) is 0.381. The third-order valence-corrected chi connectivity index (χ3v) is 4.87. The summed E-state index contributed by atoms with van der Waals surface area (Å²) in [5, 5.41) is 2.54. The molecule has 2 rings (SSSR count). The van der Waals surface area contributed by atoms with E-state index >= 15 is 0 Å². The largest absolute Gasteiger partial charge is 0.475 e. The molecule has 0 fully saturated rings. The molecular weight excluding hydrogens is 393 g/mol. The average Bonchev–Trinajstić information content (AvgIpc) is 2.69. The topological polar surface area (TPSA) is 83.1 Å². The number of carbonyl (C=O) groups excluding carboxylic acids is 1. The average molecular weight is 421 g/mol. The highest BCUT2D eigenvalue weighted by Crippen LogP contribution is 2.50. The Bertz CT molecular complexity index is 744. The van der Waals surface area contributed by atoms with Crippen molar-refractivity contribution in [3.63, 3.8) is 0 Å². The second-order valence-electron chi connectivity index (χ2n) is 7.23. The van der Waals surface area contributed by atoms with Gasteiger partial charge in [0.25, 0.3) is 0 Å². The van der Waals surface area contributed by atoms with Gasteiger partial charge in [0.15, 0.2) is 0 Å². The molecule has 7 nitrogen and oxygen atoms in total. The minimum absolute atomic E-state index is 0.0555. The third-order valence-electron chi connectivity index (χ3n) is 3.48. The molecule has 2 aromatic carbocycles. The molecular formula is C21H28NO6P. The van der Waals surface area contributed by atoms with Crippen molar-refractivity contribution in [3.8, 4) is 0 Å². The minimum atomic E-state index is -3.84. The highest BCUT2D eigenvalue weighted by Gasteiger charge is 2.27. The lowest BCUT2D eigenvalue weighted by Gasteiger charge is -2.20. The molecule has 29 heavy (non-hydrogen) atoms. The fourth-order valence-corrected chi connectivity index (χ4v) is 3.35. The Labute approximate surface area is 171 Å². The number of phosphoric acid groups is 1. The van der Waals surface area contributed by atoms with Crippen molar-refractivity contribution >= 4 is 13.9 Å². The van der Waals surface area contributed by atoms with E-state index in [0.29, 0.717) is 0 Å². The predicted octanol–water partition coefficient (Wildman–Crippen LogP) is 5.07. The van der Waals surface area contributed by atoms with Crippen LogP contribution < -0.4 is 5.32 Å². The van der Waals surface area contributed by atoms with Crippen molar-refractivity contribution in [1.82, 2.24) is 5.32 Å². The van der Waals surface area contributed by atoms with Crippen LogP contribution >= 0.6 is 7.82 Å². The first-order chi connectivity index (χ1) is 13.8.